The summed E-state index contributed by atoms with van der Waals surface area (Å²) in [7, 11) is 2.10. The van der Waals surface area contributed by atoms with E-state index in [1.165, 1.54) is 81.0 Å². The maximum absolute atomic E-state index is 12.7. The molecule has 0 amide bonds. The van der Waals surface area contributed by atoms with Crippen molar-refractivity contribution in [2.75, 3.05) is 33.6 Å². The van der Waals surface area contributed by atoms with Gasteiger partial charge in [0.15, 0.2) is 11.4 Å². The molecule has 23 nitrogen and oxygen atoms in total. The second-order valence-corrected chi connectivity index (χ2v) is 11.6. The quantitative estimate of drug-likeness (QED) is 0.0326. The molecule has 0 aromatic carbocycles. The number of esters is 3. The van der Waals surface area contributed by atoms with Crippen LogP contribution in [0.5, 0.6) is 0 Å². The summed E-state index contributed by atoms with van der Waals surface area (Å²) in [6.45, 7) is -0.0179. The van der Waals surface area contributed by atoms with Gasteiger partial charge in [-0.1, -0.05) is 6.07 Å². The molecule has 6 heterocycles. The van der Waals surface area contributed by atoms with Crippen molar-refractivity contribution in [2.45, 2.75) is 19.3 Å². The van der Waals surface area contributed by atoms with Crippen LogP contribution in [0.1, 0.15) is 55.7 Å². The molecule has 5 aromatic rings. The molecule has 359 valence electrons. The first kappa shape index (κ1) is 60.2. The van der Waals surface area contributed by atoms with Crippen molar-refractivity contribution in [2.24, 2.45) is 4.99 Å². The summed E-state index contributed by atoms with van der Waals surface area (Å²) in [6.07, 6.45) is -1.80. The van der Waals surface area contributed by atoms with Crippen molar-refractivity contribution in [3.05, 3.63) is 128 Å². The van der Waals surface area contributed by atoms with Crippen molar-refractivity contribution in [1.29, 1.82) is 0 Å². The van der Waals surface area contributed by atoms with Crippen LogP contribution in [0.4, 0.5) is 37.7 Å². The molecular weight excluding hydrogens is 993 g/mol. The summed E-state index contributed by atoms with van der Waals surface area (Å²) in [4.78, 5) is 66.8. The third-order valence-corrected chi connectivity index (χ3v) is 7.61. The predicted molar refractivity (Wildman–Crippen MR) is 227 cm³/mol. The van der Waals surface area contributed by atoms with Crippen LogP contribution in [0.25, 0.3) is 11.4 Å². The average Bonchev–Trinajstić information content (AvgIpc) is 4.06. The fraction of sp³-hybridized carbons (Fsp3) is 0.206. The number of anilines is 1. The van der Waals surface area contributed by atoms with Crippen molar-refractivity contribution in [3.63, 3.8) is 0 Å². The Morgan fingerprint density at radius 1 is 0.716 bits per heavy atom. The van der Waals surface area contributed by atoms with E-state index in [2.05, 4.69) is 44.4 Å². The van der Waals surface area contributed by atoms with Crippen molar-refractivity contribution in [1.82, 2.24) is 34.5 Å². The van der Waals surface area contributed by atoms with Crippen LogP contribution < -0.4 is 11.2 Å². The normalized spacial score (nSPS) is 11.0. The molecule has 0 spiro atoms. The molecule has 1 radical (unpaired) electrons. The topological polar surface area (TPSA) is 318 Å². The summed E-state index contributed by atoms with van der Waals surface area (Å²) in [6, 6.07) is 8.30. The van der Waals surface area contributed by atoms with E-state index in [0.29, 0.717) is 5.69 Å². The first-order valence-corrected chi connectivity index (χ1v) is 17.1. The number of nitrogens with two attached hydrogens (primary N) is 1. The van der Waals surface area contributed by atoms with Gasteiger partial charge in [-0.3, -0.25) is 25.2 Å². The number of allylic oxidation sites excluding steroid dienone is 1. The summed E-state index contributed by atoms with van der Waals surface area (Å²) < 4.78 is 89.6. The molecule has 33 heteroatoms. The van der Waals surface area contributed by atoms with E-state index in [-0.39, 0.29) is 82.4 Å². The number of aliphatic imine (C=N–C) groups is 1. The molecule has 4 N–H and O–H groups in total. The predicted octanol–water partition coefficient (Wildman–Crippen LogP) is 3.06. The molecule has 5 aromatic heterocycles. The number of aromatic nitrogens is 7. The second-order valence-electron chi connectivity index (χ2n) is 11.6. The van der Waals surface area contributed by atoms with Gasteiger partial charge in [-0.2, -0.15) is 33.6 Å². The summed E-state index contributed by atoms with van der Waals surface area (Å²) in [5, 5.41) is 45.3. The molecule has 0 aliphatic carbocycles. The van der Waals surface area contributed by atoms with Gasteiger partial charge in [0.1, 0.15) is 23.3 Å². The minimum Gasteiger partial charge on any atom is -0.464 e. The van der Waals surface area contributed by atoms with E-state index in [1.54, 1.807) is 0 Å². The first-order valence-electron chi connectivity index (χ1n) is 17.1. The molecule has 0 bridgehead atoms. The molecule has 1 aliphatic rings. The molecule has 0 saturated heterocycles. The number of hydrogen-bond acceptors (Lipinski definition) is 19. The summed E-state index contributed by atoms with van der Waals surface area (Å²) >= 11 is 0. The number of alkyl halides is 6. The number of carbonyl (C=O) groups is 3. The van der Waals surface area contributed by atoms with Gasteiger partial charge < -0.3 is 30.0 Å². The number of hydrogen-bond donors (Lipinski definition) is 3. The molecule has 1 unspecified atom stereocenters. The monoisotopic (exact) mass is 1030 g/mol. The number of nitrogen functional groups attached to an aromatic ring is 1. The van der Waals surface area contributed by atoms with Crippen molar-refractivity contribution in [3.8, 4) is 11.4 Å². The number of pyridine rings is 3. The maximum Gasteiger partial charge on any atom is 0.490 e. The minimum atomic E-state index is -3.08. The Balaban J connectivity index is 0.000000879. The smallest absolute Gasteiger partial charge is 0.464 e. The molecule has 1 aliphatic heterocycles. The Bertz CT molecular complexity index is 2510. The number of carbonyl (C=O) groups excluding carboxylic acids is 3. The SMILES string of the molecule is COC(=O)c1ccc(-n2cc(N)c(C(F)F)n2)cn1.COC(=O)c1ccc(-n2cc([N+](=O)[O-])c(C(F)F)n2)cn1.COC(=O)c1ccc(B(O)O)cn1.O=[N+]([O-])C1=CCN=C1C(F)F.P.S.[V]. The Kier molecular flexibility index (Phi) is 25.4. The Labute approximate surface area is 394 Å². The number of methoxy groups -OCH3 is 3. The third kappa shape index (κ3) is 16.9. The van der Waals surface area contributed by atoms with Crippen molar-refractivity contribution < 1.29 is 93.4 Å². The van der Waals surface area contributed by atoms with Crippen LogP contribution in [0.15, 0.2) is 84.1 Å². The van der Waals surface area contributed by atoms with Gasteiger partial charge in [-0.25, -0.2) is 65.0 Å². The zero-order valence-corrected chi connectivity index (χ0v) is 38.2. The number of nitro groups is 2. The van der Waals surface area contributed by atoms with E-state index in [1.807, 2.05) is 0 Å². The van der Waals surface area contributed by atoms with E-state index in [4.69, 9.17) is 15.8 Å². The fourth-order valence-electron chi connectivity index (χ4n) is 4.55. The summed E-state index contributed by atoms with van der Waals surface area (Å²) in [5.74, 6) is -1.81. The van der Waals surface area contributed by atoms with Crippen LogP contribution in [0.2, 0.25) is 0 Å². The first-order chi connectivity index (χ1) is 30.2. The van der Waals surface area contributed by atoms with Crippen LogP contribution in [-0.4, -0.2) is 119 Å². The van der Waals surface area contributed by atoms with Gasteiger partial charge in [0.05, 0.1) is 73.4 Å². The molecule has 0 saturated carbocycles. The average molecular weight is 1030 g/mol. The standard InChI is InChI=1S/C11H8F2N4O4.C11H10F2N4O2.C7H8BNO4.C5H4F2N2O2.H3P.H2S.V/c1-21-11(18)7-3-2-6(4-14-7)16-5-8(17(19)20)9(15-16)10(12)13;1-19-11(18)8-3-2-6(4-15-8)17-5-7(14)9(16-17)10(12)13;1-13-7(10)6-3-2-5(4-9-6)8(11)12;6-5(7)4-3(9(10)11)1-2-8-4;;;/h2-5,10H,1H3;2-5,10H,14H2,1H3;2-4,11-12H,1H3;1,5H,2H2;1H3;1H2;. The van der Waals surface area contributed by atoms with Gasteiger partial charge >= 0.3 is 30.7 Å². The van der Waals surface area contributed by atoms with Crippen molar-refractivity contribution >= 4 is 71.0 Å². The second kappa shape index (κ2) is 28.3. The molecule has 0 fully saturated rings. The number of rotatable bonds is 11. The van der Waals surface area contributed by atoms with E-state index in [0.717, 1.165) is 23.2 Å². The van der Waals surface area contributed by atoms with Gasteiger partial charge in [0.25, 0.3) is 25.0 Å². The molecule has 1 atom stereocenters. The summed E-state index contributed by atoms with van der Waals surface area (Å²) in [5.41, 5.74) is 2.91. The molecule has 67 heavy (non-hydrogen) atoms. The van der Waals surface area contributed by atoms with Crippen LogP contribution in [-0.2, 0) is 32.8 Å². The number of halogens is 6. The Morgan fingerprint density at radius 2 is 1.15 bits per heavy atom. The minimum absolute atomic E-state index is 0. The van der Waals surface area contributed by atoms with E-state index in [9.17, 15) is 61.0 Å². The van der Waals surface area contributed by atoms with Gasteiger partial charge in [-0.15, -0.1) is 0 Å². The zero-order valence-electron chi connectivity index (χ0n) is 34.4. The molecular formula is C34H35BF6N11O12PSV. The van der Waals surface area contributed by atoms with Crippen LogP contribution in [0, 0.1) is 20.2 Å². The number of ether oxygens (including phenoxy) is 3. The van der Waals surface area contributed by atoms with Crippen LogP contribution in [0.3, 0.4) is 0 Å². The number of nitrogens with zero attached hydrogens (tertiary/aromatic N) is 10. The van der Waals surface area contributed by atoms with Crippen LogP contribution >= 0.6 is 23.4 Å². The van der Waals surface area contributed by atoms with E-state index < -0.39 is 82.6 Å². The van der Waals surface area contributed by atoms with Gasteiger partial charge in [0.2, 0.25) is 5.69 Å². The Hall–Kier alpha value is -6.78. The largest absolute Gasteiger partial charge is 0.490 e. The van der Waals surface area contributed by atoms with E-state index >= 15 is 0 Å². The van der Waals surface area contributed by atoms with Gasteiger partial charge in [0, 0.05) is 36.3 Å². The Morgan fingerprint density at radius 3 is 1.45 bits per heavy atom. The maximum atomic E-state index is 12.7. The zero-order chi connectivity index (χ0) is 47.8. The van der Waals surface area contributed by atoms with Gasteiger partial charge in [-0.05, 0) is 30.3 Å². The molecule has 6 rings (SSSR count). The fourth-order valence-corrected chi connectivity index (χ4v) is 4.55. The third-order valence-electron chi connectivity index (χ3n) is 7.61.